The number of benzene rings is 1. The summed E-state index contributed by atoms with van der Waals surface area (Å²) >= 11 is 5.64. The van der Waals surface area contributed by atoms with Gasteiger partial charge in [0.05, 0.1) is 5.69 Å². The number of hydrogen-bond donors (Lipinski definition) is 1. The van der Waals surface area contributed by atoms with E-state index < -0.39 is 5.82 Å². The van der Waals surface area contributed by atoms with Gasteiger partial charge in [0.25, 0.3) is 0 Å². The van der Waals surface area contributed by atoms with Gasteiger partial charge in [-0.25, -0.2) is 4.39 Å². The number of pyridine rings is 1. The van der Waals surface area contributed by atoms with Gasteiger partial charge in [0.15, 0.2) is 5.78 Å². The SMILES string of the molecule is Nc1cccnc1C(=O)Cc1ccc(Cl)cc1F. The van der Waals surface area contributed by atoms with Crippen LogP contribution in [0.2, 0.25) is 5.02 Å². The van der Waals surface area contributed by atoms with E-state index in [4.69, 9.17) is 17.3 Å². The average molecular weight is 265 g/mol. The van der Waals surface area contributed by atoms with Crippen LogP contribution < -0.4 is 5.73 Å². The third kappa shape index (κ3) is 2.65. The number of aromatic nitrogens is 1. The number of hydrogen-bond acceptors (Lipinski definition) is 3. The summed E-state index contributed by atoms with van der Waals surface area (Å²) in [6, 6.07) is 7.41. The quantitative estimate of drug-likeness (QED) is 0.868. The molecule has 0 aliphatic rings. The number of ketones is 1. The lowest BCUT2D eigenvalue weighted by Crippen LogP contribution is -2.10. The molecular formula is C13H10ClFN2O. The normalized spacial score (nSPS) is 10.3. The first-order valence-electron chi connectivity index (χ1n) is 5.25. The molecule has 0 amide bonds. The highest BCUT2D eigenvalue weighted by Crippen LogP contribution is 2.17. The molecule has 2 N–H and O–H groups in total. The Kier molecular flexibility index (Phi) is 3.58. The van der Waals surface area contributed by atoms with Gasteiger partial charge in [-0.3, -0.25) is 9.78 Å². The molecule has 0 saturated carbocycles. The summed E-state index contributed by atoms with van der Waals surface area (Å²) in [6.07, 6.45) is 1.38. The van der Waals surface area contributed by atoms with Crippen molar-refractivity contribution in [2.24, 2.45) is 0 Å². The van der Waals surface area contributed by atoms with E-state index in [1.807, 2.05) is 0 Å². The molecule has 3 nitrogen and oxygen atoms in total. The smallest absolute Gasteiger partial charge is 0.187 e. The topological polar surface area (TPSA) is 56.0 Å². The second kappa shape index (κ2) is 5.14. The number of nitrogen functional groups attached to an aromatic ring is 1. The highest BCUT2D eigenvalue weighted by atomic mass is 35.5. The molecule has 0 fully saturated rings. The van der Waals surface area contributed by atoms with Crippen molar-refractivity contribution < 1.29 is 9.18 Å². The monoisotopic (exact) mass is 264 g/mol. The van der Waals surface area contributed by atoms with Crippen molar-refractivity contribution in [1.82, 2.24) is 4.98 Å². The Balaban J connectivity index is 2.24. The zero-order valence-electron chi connectivity index (χ0n) is 9.36. The lowest BCUT2D eigenvalue weighted by Gasteiger charge is -2.05. The number of anilines is 1. The van der Waals surface area contributed by atoms with Gasteiger partial charge in [-0.05, 0) is 29.8 Å². The molecule has 18 heavy (non-hydrogen) atoms. The van der Waals surface area contributed by atoms with Gasteiger partial charge in [0, 0.05) is 17.6 Å². The number of carbonyl (C=O) groups excluding carboxylic acids is 1. The van der Waals surface area contributed by atoms with Crippen molar-refractivity contribution in [3.8, 4) is 0 Å². The van der Waals surface area contributed by atoms with Crippen molar-refractivity contribution in [1.29, 1.82) is 0 Å². The number of Topliss-reactive ketones (excluding diaryl/α,β-unsaturated/α-hetero) is 1. The van der Waals surface area contributed by atoms with Crippen LogP contribution in [0.25, 0.3) is 0 Å². The van der Waals surface area contributed by atoms with Crippen molar-refractivity contribution in [2.45, 2.75) is 6.42 Å². The van der Waals surface area contributed by atoms with Crippen LogP contribution in [0.4, 0.5) is 10.1 Å². The minimum atomic E-state index is -0.509. The highest BCUT2D eigenvalue weighted by Gasteiger charge is 2.14. The fraction of sp³-hybridized carbons (Fsp3) is 0.0769. The first-order chi connectivity index (χ1) is 8.58. The zero-order valence-corrected chi connectivity index (χ0v) is 10.1. The van der Waals surface area contributed by atoms with Crippen molar-refractivity contribution in [3.63, 3.8) is 0 Å². The maximum absolute atomic E-state index is 13.5. The van der Waals surface area contributed by atoms with Gasteiger partial charge in [0.1, 0.15) is 11.5 Å². The lowest BCUT2D eigenvalue weighted by atomic mass is 10.1. The van der Waals surface area contributed by atoms with Crippen molar-refractivity contribution in [2.75, 3.05) is 5.73 Å². The molecule has 2 rings (SSSR count). The molecule has 0 saturated heterocycles. The summed E-state index contributed by atoms with van der Waals surface area (Å²) in [5.74, 6) is -0.834. The fourth-order valence-electron chi connectivity index (χ4n) is 1.57. The van der Waals surface area contributed by atoms with Crippen LogP contribution in [0.15, 0.2) is 36.5 Å². The molecule has 0 radical (unpaired) electrons. The first kappa shape index (κ1) is 12.5. The first-order valence-corrected chi connectivity index (χ1v) is 5.63. The molecule has 1 aromatic carbocycles. The summed E-state index contributed by atoms with van der Waals surface area (Å²) in [6.45, 7) is 0. The third-order valence-corrected chi connectivity index (χ3v) is 2.70. The Morgan fingerprint density at radius 3 is 2.83 bits per heavy atom. The van der Waals surface area contributed by atoms with Gasteiger partial charge >= 0.3 is 0 Å². The molecule has 92 valence electrons. The zero-order chi connectivity index (χ0) is 13.1. The molecule has 0 unspecified atom stereocenters. The Labute approximate surface area is 108 Å². The van der Waals surface area contributed by atoms with Gasteiger partial charge < -0.3 is 5.73 Å². The summed E-state index contributed by atoms with van der Waals surface area (Å²) in [4.78, 5) is 15.8. The Hall–Kier alpha value is -1.94. The summed E-state index contributed by atoms with van der Waals surface area (Å²) in [5.41, 5.74) is 6.36. The largest absolute Gasteiger partial charge is 0.397 e. The summed E-state index contributed by atoms with van der Waals surface area (Å²) in [7, 11) is 0. The van der Waals surface area contributed by atoms with Crippen LogP contribution in [0, 0.1) is 5.82 Å². The minimum absolute atomic E-state index is 0.0930. The van der Waals surface area contributed by atoms with Gasteiger partial charge in [0.2, 0.25) is 0 Å². The number of rotatable bonds is 3. The highest BCUT2D eigenvalue weighted by molar-refractivity contribution is 6.30. The lowest BCUT2D eigenvalue weighted by molar-refractivity contribution is 0.0988. The third-order valence-electron chi connectivity index (χ3n) is 2.47. The molecule has 0 atom stereocenters. The second-order valence-electron chi connectivity index (χ2n) is 3.78. The van der Waals surface area contributed by atoms with Crippen LogP contribution in [-0.4, -0.2) is 10.8 Å². The van der Waals surface area contributed by atoms with E-state index in [-0.39, 0.29) is 29.1 Å². The molecule has 1 aromatic heterocycles. The summed E-state index contributed by atoms with van der Waals surface area (Å²) < 4.78 is 13.5. The maximum atomic E-state index is 13.5. The van der Waals surface area contributed by atoms with Gasteiger partial charge in [-0.15, -0.1) is 0 Å². The standard InChI is InChI=1S/C13H10ClFN2O/c14-9-4-3-8(10(15)7-9)6-12(18)13-11(16)2-1-5-17-13/h1-5,7H,6,16H2. The molecule has 0 aliphatic carbocycles. The van der Waals surface area contributed by atoms with Crippen LogP contribution in [0.5, 0.6) is 0 Å². The Morgan fingerprint density at radius 2 is 2.17 bits per heavy atom. The average Bonchev–Trinajstić information content (AvgIpc) is 2.33. The van der Waals surface area contributed by atoms with E-state index in [0.717, 1.165) is 0 Å². The van der Waals surface area contributed by atoms with E-state index in [1.165, 1.54) is 24.4 Å². The molecule has 0 bridgehead atoms. The molecule has 2 aromatic rings. The van der Waals surface area contributed by atoms with Crippen LogP contribution >= 0.6 is 11.6 Å². The molecule has 0 aliphatic heterocycles. The fourth-order valence-corrected chi connectivity index (χ4v) is 1.73. The molecular weight excluding hydrogens is 255 g/mol. The van der Waals surface area contributed by atoms with E-state index in [9.17, 15) is 9.18 Å². The second-order valence-corrected chi connectivity index (χ2v) is 4.21. The van der Waals surface area contributed by atoms with Gasteiger partial charge in [-0.2, -0.15) is 0 Å². The number of halogens is 2. The molecule has 0 spiro atoms. The minimum Gasteiger partial charge on any atom is -0.397 e. The van der Waals surface area contributed by atoms with Crippen LogP contribution in [-0.2, 0) is 6.42 Å². The van der Waals surface area contributed by atoms with E-state index >= 15 is 0 Å². The van der Waals surface area contributed by atoms with E-state index in [0.29, 0.717) is 5.02 Å². The molecule has 5 heteroatoms. The number of nitrogens with zero attached hydrogens (tertiary/aromatic N) is 1. The Bertz CT molecular complexity index is 601. The van der Waals surface area contributed by atoms with Crippen LogP contribution in [0.1, 0.15) is 16.1 Å². The van der Waals surface area contributed by atoms with E-state index in [1.54, 1.807) is 12.1 Å². The summed E-state index contributed by atoms with van der Waals surface area (Å²) in [5, 5.41) is 0.293. The van der Waals surface area contributed by atoms with Crippen LogP contribution in [0.3, 0.4) is 0 Å². The van der Waals surface area contributed by atoms with Crippen molar-refractivity contribution >= 4 is 23.1 Å². The van der Waals surface area contributed by atoms with E-state index in [2.05, 4.69) is 4.98 Å². The number of carbonyl (C=O) groups is 1. The molecule has 1 heterocycles. The predicted octanol–water partition coefficient (Wildman–Crippen LogP) is 2.88. The van der Waals surface area contributed by atoms with Gasteiger partial charge in [-0.1, -0.05) is 17.7 Å². The van der Waals surface area contributed by atoms with Crippen molar-refractivity contribution in [3.05, 3.63) is 58.6 Å². The number of nitrogens with two attached hydrogens (primary N) is 1. The maximum Gasteiger partial charge on any atom is 0.187 e. The Morgan fingerprint density at radius 1 is 1.39 bits per heavy atom. The predicted molar refractivity (Wildman–Crippen MR) is 68.1 cm³/mol.